The molecule has 162 valence electrons. The zero-order valence-electron chi connectivity index (χ0n) is 17.1. The predicted molar refractivity (Wildman–Crippen MR) is 122 cm³/mol. The lowest BCUT2D eigenvalue weighted by molar-refractivity contribution is -0.134. The van der Waals surface area contributed by atoms with E-state index in [1.165, 1.54) is 12.1 Å². The lowest BCUT2D eigenvalue weighted by atomic mass is 10.0. The second-order valence-corrected chi connectivity index (χ2v) is 6.94. The molecule has 8 nitrogen and oxygen atoms in total. The van der Waals surface area contributed by atoms with Crippen molar-refractivity contribution in [2.24, 2.45) is 11.5 Å². The fourth-order valence-corrected chi connectivity index (χ4v) is 3.05. The molecule has 0 aliphatic heterocycles. The number of hydrogen-bond donors (Lipinski definition) is 6. The number of hydrogen-bond acceptors (Lipinski definition) is 4. The first-order valence-corrected chi connectivity index (χ1v) is 9.44. The predicted octanol–water partition coefficient (Wildman–Crippen LogP) is 3.70. The Balaban J connectivity index is 0.000000668. The number of carboxylic acid groups (broad SMARTS) is 1. The summed E-state index contributed by atoms with van der Waals surface area (Å²) in [6.45, 7) is 1.08. The van der Waals surface area contributed by atoms with Gasteiger partial charge in [-0.25, -0.2) is 9.37 Å². The monoisotopic (exact) mass is 432 g/mol. The zero-order chi connectivity index (χ0) is 23.4. The SMILES string of the molecule is CC(=O)O.N=C(N)c1ccc2nc(-c3ccc(-c4ccc(C(=N)N)c(F)c4)cc3)[nH]c2c1. The van der Waals surface area contributed by atoms with Gasteiger partial charge in [-0.3, -0.25) is 15.6 Å². The maximum Gasteiger partial charge on any atom is 0.300 e. The Morgan fingerprint density at radius 2 is 1.53 bits per heavy atom. The standard InChI is InChI=1S/C21H17FN6.C2H4O2/c22-16-9-13(5-7-15(16)20(25)26)11-1-3-12(4-2-11)21-27-17-8-6-14(19(23)24)10-18(17)28-21;1-2(3)4/h1-10H,(H3,23,24)(H3,25,26)(H,27,28);1H3,(H,3,4). The minimum absolute atomic E-state index is 0.00502. The van der Waals surface area contributed by atoms with E-state index in [0.29, 0.717) is 17.0 Å². The third-order valence-corrected chi connectivity index (χ3v) is 4.54. The Kier molecular flexibility index (Phi) is 6.29. The molecule has 32 heavy (non-hydrogen) atoms. The molecule has 1 aromatic heterocycles. The van der Waals surface area contributed by atoms with E-state index in [0.717, 1.165) is 29.1 Å². The smallest absolute Gasteiger partial charge is 0.300 e. The number of rotatable bonds is 4. The molecule has 0 aliphatic carbocycles. The molecule has 1 heterocycles. The molecule has 0 spiro atoms. The highest BCUT2D eigenvalue weighted by molar-refractivity contribution is 5.98. The molecule has 0 atom stereocenters. The van der Waals surface area contributed by atoms with E-state index in [1.807, 2.05) is 30.3 Å². The molecule has 4 aromatic rings. The van der Waals surface area contributed by atoms with E-state index in [4.69, 9.17) is 32.2 Å². The van der Waals surface area contributed by atoms with Crippen LogP contribution in [-0.4, -0.2) is 32.7 Å². The minimum atomic E-state index is -0.833. The van der Waals surface area contributed by atoms with Gasteiger partial charge in [0.1, 0.15) is 23.3 Å². The number of nitrogens with zero attached hydrogens (tertiary/aromatic N) is 1. The summed E-state index contributed by atoms with van der Waals surface area (Å²) in [6, 6.07) is 17.5. The number of nitrogen functional groups attached to an aromatic ring is 2. The molecule has 0 saturated heterocycles. The first kappa shape index (κ1) is 22.2. The van der Waals surface area contributed by atoms with E-state index in [2.05, 4.69) is 9.97 Å². The third-order valence-electron chi connectivity index (χ3n) is 4.54. The van der Waals surface area contributed by atoms with Crippen LogP contribution in [0.1, 0.15) is 18.1 Å². The number of nitrogens with two attached hydrogens (primary N) is 2. The van der Waals surface area contributed by atoms with Gasteiger partial charge in [0.15, 0.2) is 0 Å². The summed E-state index contributed by atoms with van der Waals surface area (Å²) < 4.78 is 14.1. The van der Waals surface area contributed by atoms with Crippen LogP contribution in [0, 0.1) is 16.6 Å². The van der Waals surface area contributed by atoms with Gasteiger partial charge in [-0.05, 0) is 41.5 Å². The van der Waals surface area contributed by atoms with Crippen LogP contribution in [0.15, 0.2) is 60.7 Å². The number of aromatic amines is 1. The Morgan fingerprint density at radius 3 is 2.09 bits per heavy atom. The lowest BCUT2D eigenvalue weighted by Gasteiger charge is -2.06. The van der Waals surface area contributed by atoms with Gasteiger partial charge in [0, 0.05) is 18.1 Å². The van der Waals surface area contributed by atoms with Crippen molar-refractivity contribution < 1.29 is 14.3 Å². The quantitative estimate of drug-likeness (QED) is 0.213. The van der Waals surface area contributed by atoms with Crippen LogP contribution in [0.4, 0.5) is 4.39 Å². The highest BCUT2D eigenvalue weighted by atomic mass is 19.1. The third kappa shape index (κ3) is 4.96. The van der Waals surface area contributed by atoms with Crippen molar-refractivity contribution in [1.82, 2.24) is 9.97 Å². The van der Waals surface area contributed by atoms with Gasteiger partial charge in [0.05, 0.1) is 16.6 Å². The molecule has 0 unspecified atom stereocenters. The number of aromatic nitrogens is 2. The Hall–Kier alpha value is -4.53. The largest absolute Gasteiger partial charge is 0.481 e. The zero-order valence-corrected chi connectivity index (χ0v) is 17.1. The molecule has 9 heteroatoms. The van der Waals surface area contributed by atoms with Gasteiger partial charge in [0.25, 0.3) is 5.97 Å². The number of nitrogens with one attached hydrogen (secondary N) is 3. The van der Waals surface area contributed by atoms with Crippen molar-refractivity contribution in [1.29, 1.82) is 10.8 Å². The number of fused-ring (bicyclic) bond motifs is 1. The van der Waals surface area contributed by atoms with Crippen LogP contribution in [0.2, 0.25) is 0 Å². The van der Waals surface area contributed by atoms with Gasteiger partial charge in [-0.2, -0.15) is 0 Å². The number of amidine groups is 2. The maximum absolute atomic E-state index is 14.1. The summed E-state index contributed by atoms with van der Waals surface area (Å²) in [5, 5.41) is 22.3. The molecule has 0 amide bonds. The highest BCUT2D eigenvalue weighted by Gasteiger charge is 2.10. The van der Waals surface area contributed by atoms with Crippen LogP contribution in [0.3, 0.4) is 0 Å². The van der Waals surface area contributed by atoms with Gasteiger partial charge in [-0.1, -0.05) is 30.3 Å². The van der Waals surface area contributed by atoms with Crippen molar-refractivity contribution >= 4 is 28.7 Å². The summed E-state index contributed by atoms with van der Waals surface area (Å²) >= 11 is 0. The second-order valence-electron chi connectivity index (χ2n) is 6.94. The fourth-order valence-electron chi connectivity index (χ4n) is 3.05. The molecule has 8 N–H and O–H groups in total. The molecular weight excluding hydrogens is 411 g/mol. The van der Waals surface area contributed by atoms with Crippen molar-refractivity contribution in [2.75, 3.05) is 0 Å². The van der Waals surface area contributed by atoms with E-state index in [9.17, 15) is 4.39 Å². The first-order chi connectivity index (χ1) is 15.2. The van der Waals surface area contributed by atoms with Crippen LogP contribution in [0.25, 0.3) is 33.5 Å². The Bertz CT molecular complexity index is 1320. The molecule has 0 aliphatic rings. The number of carboxylic acids is 1. The average molecular weight is 432 g/mol. The van der Waals surface area contributed by atoms with Crippen LogP contribution in [-0.2, 0) is 4.79 Å². The van der Waals surface area contributed by atoms with Crippen molar-refractivity contribution in [3.8, 4) is 22.5 Å². The van der Waals surface area contributed by atoms with Gasteiger partial charge >= 0.3 is 0 Å². The van der Waals surface area contributed by atoms with Gasteiger partial charge in [0.2, 0.25) is 0 Å². The second kappa shape index (κ2) is 9.09. The van der Waals surface area contributed by atoms with Crippen molar-refractivity contribution in [3.63, 3.8) is 0 Å². The summed E-state index contributed by atoms with van der Waals surface area (Å²) in [5.41, 5.74) is 15.6. The average Bonchev–Trinajstić information content (AvgIpc) is 3.16. The van der Waals surface area contributed by atoms with Crippen molar-refractivity contribution in [3.05, 3.63) is 77.6 Å². The highest BCUT2D eigenvalue weighted by Crippen LogP contribution is 2.26. The summed E-state index contributed by atoms with van der Waals surface area (Å²) in [6.07, 6.45) is 0. The number of aliphatic carboxylic acids is 1. The number of H-pyrrole nitrogens is 1. The summed E-state index contributed by atoms with van der Waals surface area (Å²) in [7, 11) is 0. The number of imidazole rings is 1. The molecule has 0 saturated carbocycles. The molecule has 3 aromatic carbocycles. The number of halogens is 1. The van der Waals surface area contributed by atoms with E-state index >= 15 is 0 Å². The molecule has 4 rings (SSSR count). The van der Waals surface area contributed by atoms with Gasteiger partial charge in [-0.15, -0.1) is 0 Å². The molecule has 0 bridgehead atoms. The van der Waals surface area contributed by atoms with E-state index in [-0.39, 0.29) is 17.2 Å². The Labute approximate surface area is 182 Å². The molecule has 0 fully saturated rings. The summed E-state index contributed by atoms with van der Waals surface area (Å²) in [4.78, 5) is 16.8. The fraction of sp³-hybridized carbons (Fsp3) is 0.0435. The van der Waals surface area contributed by atoms with Crippen LogP contribution < -0.4 is 11.5 Å². The number of benzene rings is 3. The van der Waals surface area contributed by atoms with Crippen molar-refractivity contribution in [2.45, 2.75) is 6.92 Å². The van der Waals surface area contributed by atoms with Crippen LogP contribution in [0.5, 0.6) is 0 Å². The van der Waals surface area contributed by atoms with Gasteiger partial charge < -0.3 is 21.6 Å². The van der Waals surface area contributed by atoms with Crippen LogP contribution >= 0.6 is 0 Å². The summed E-state index contributed by atoms with van der Waals surface area (Å²) in [5.74, 6) is -0.948. The number of carbonyl (C=O) groups is 1. The lowest BCUT2D eigenvalue weighted by Crippen LogP contribution is -2.13. The maximum atomic E-state index is 14.1. The first-order valence-electron chi connectivity index (χ1n) is 9.44. The van der Waals surface area contributed by atoms with E-state index < -0.39 is 11.8 Å². The topological polar surface area (TPSA) is 166 Å². The normalized spacial score (nSPS) is 10.3. The molecule has 0 radical (unpaired) electrons. The minimum Gasteiger partial charge on any atom is -0.481 e. The molecular formula is C23H21FN6O2. The Morgan fingerprint density at radius 1 is 0.938 bits per heavy atom. The van der Waals surface area contributed by atoms with E-state index in [1.54, 1.807) is 18.2 Å².